The Morgan fingerprint density at radius 1 is 1.32 bits per heavy atom. The van der Waals surface area contributed by atoms with Gasteiger partial charge < -0.3 is 5.32 Å². The fourth-order valence-corrected chi connectivity index (χ4v) is 4.86. The monoisotopic (exact) mass is 379 g/mol. The molecule has 3 rings (SSSR count). The number of piperidine rings is 1. The molecule has 0 radical (unpaired) electrons. The molecule has 1 saturated heterocycles. The second-order valence-corrected chi connectivity index (χ2v) is 9.23. The van der Waals surface area contributed by atoms with Crippen LogP contribution in [0.15, 0.2) is 30.3 Å². The first kappa shape index (κ1) is 18.0. The molecular formula is C17H21N3O3S2. The summed E-state index contributed by atoms with van der Waals surface area (Å²) in [4.78, 5) is 18.0. The van der Waals surface area contributed by atoms with Crippen molar-refractivity contribution < 1.29 is 13.2 Å². The first-order valence-electron chi connectivity index (χ1n) is 8.13. The van der Waals surface area contributed by atoms with Crippen LogP contribution < -0.4 is 5.32 Å². The second-order valence-electron chi connectivity index (χ2n) is 6.25. The Morgan fingerprint density at radius 3 is 2.72 bits per heavy atom. The number of aromatic nitrogens is 1. The normalized spacial score (nSPS) is 18.9. The Morgan fingerprint density at radius 2 is 2.04 bits per heavy atom. The number of thiazole rings is 1. The number of carbonyl (C=O) groups excluding carboxylic acids is 1. The fraction of sp³-hybridized carbons (Fsp3) is 0.412. The number of aryl methyl sites for hydroxylation is 1. The van der Waals surface area contributed by atoms with E-state index in [-0.39, 0.29) is 18.4 Å². The van der Waals surface area contributed by atoms with Crippen LogP contribution in [0, 0.1) is 12.8 Å². The Bertz CT molecular complexity index is 863. The summed E-state index contributed by atoms with van der Waals surface area (Å²) in [5, 5.41) is 3.42. The van der Waals surface area contributed by atoms with Crippen LogP contribution >= 0.6 is 11.3 Å². The largest absolute Gasteiger partial charge is 0.302 e. The highest BCUT2D eigenvalue weighted by atomic mass is 32.2. The minimum absolute atomic E-state index is 0.165. The standard InChI is InChI=1S/C17H21N3O3S2/c1-12-15(13-7-4-3-5-8-13)24-17(18-12)19-16(21)14-9-6-10-20(11-14)25(2,22)23/h3-5,7-8,14H,6,9-11H2,1-2H3,(H,18,19,21). The van der Waals surface area contributed by atoms with Gasteiger partial charge in [-0.25, -0.2) is 17.7 Å². The van der Waals surface area contributed by atoms with Gasteiger partial charge in [-0.2, -0.15) is 0 Å². The number of anilines is 1. The molecule has 2 heterocycles. The number of carbonyl (C=O) groups is 1. The Labute approximate surface area is 151 Å². The van der Waals surface area contributed by atoms with Gasteiger partial charge in [0.05, 0.1) is 22.7 Å². The zero-order chi connectivity index (χ0) is 18.0. The second kappa shape index (κ2) is 7.23. The number of nitrogens with zero attached hydrogens (tertiary/aromatic N) is 2. The summed E-state index contributed by atoms with van der Waals surface area (Å²) in [6, 6.07) is 9.91. The van der Waals surface area contributed by atoms with Crippen molar-refractivity contribution in [2.75, 3.05) is 24.7 Å². The van der Waals surface area contributed by atoms with Gasteiger partial charge in [-0.15, -0.1) is 0 Å². The Hall–Kier alpha value is -1.77. The number of sulfonamides is 1. The smallest absolute Gasteiger partial charge is 0.230 e. The SMILES string of the molecule is Cc1nc(NC(=O)C2CCCN(S(C)(=O)=O)C2)sc1-c1ccccc1. The summed E-state index contributed by atoms with van der Waals surface area (Å²) in [5.74, 6) is -0.505. The molecule has 25 heavy (non-hydrogen) atoms. The van der Waals surface area contributed by atoms with E-state index in [1.807, 2.05) is 37.3 Å². The molecule has 1 amide bonds. The lowest BCUT2D eigenvalue weighted by atomic mass is 9.99. The van der Waals surface area contributed by atoms with Crippen molar-refractivity contribution in [1.29, 1.82) is 0 Å². The lowest BCUT2D eigenvalue weighted by molar-refractivity contribution is -0.120. The summed E-state index contributed by atoms with van der Waals surface area (Å²) < 4.78 is 24.8. The number of hydrogen-bond acceptors (Lipinski definition) is 5. The molecule has 0 aliphatic carbocycles. The Balaban J connectivity index is 1.71. The van der Waals surface area contributed by atoms with Crippen LogP contribution in [-0.2, 0) is 14.8 Å². The molecule has 0 saturated carbocycles. The zero-order valence-electron chi connectivity index (χ0n) is 14.2. The molecule has 8 heteroatoms. The van der Waals surface area contributed by atoms with E-state index < -0.39 is 10.0 Å². The average molecular weight is 380 g/mol. The van der Waals surface area contributed by atoms with Crippen molar-refractivity contribution in [2.45, 2.75) is 19.8 Å². The first-order valence-corrected chi connectivity index (χ1v) is 10.8. The summed E-state index contributed by atoms with van der Waals surface area (Å²) >= 11 is 1.44. The third-order valence-electron chi connectivity index (χ3n) is 4.29. The minimum atomic E-state index is -3.26. The third-order valence-corrected chi connectivity index (χ3v) is 6.68. The van der Waals surface area contributed by atoms with E-state index in [1.54, 1.807) is 0 Å². The summed E-state index contributed by atoms with van der Waals surface area (Å²) in [7, 11) is -3.26. The van der Waals surface area contributed by atoms with Crippen LogP contribution in [0.1, 0.15) is 18.5 Å². The van der Waals surface area contributed by atoms with Gasteiger partial charge in [-0.05, 0) is 25.3 Å². The van der Waals surface area contributed by atoms with Gasteiger partial charge in [0.2, 0.25) is 15.9 Å². The molecular weight excluding hydrogens is 358 g/mol. The molecule has 134 valence electrons. The van der Waals surface area contributed by atoms with E-state index >= 15 is 0 Å². The molecule has 1 aromatic heterocycles. The molecule has 0 spiro atoms. The van der Waals surface area contributed by atoms with Crippen LogP contribution in [0.4, 0.5) is 5.13 Å². The molecule has 1 unspecified atom stereocenters. The summed E-state index contributed by atoms with van der Waals surface area (Å²) in [5.41, 5.74) is 1.94. The maximum absolute atomic E-state index is 12.5. The van der Waals surface area contributed by atoms with Gasteiger partial charge in [-0.3, -0.25) is 4.79 Å². The number of nitrogens with one attached hydrogen (secondary N) is 1. The molecule has 1 aliphatic heterocycles. The molecule has 1 aliphatic rings. The molecule has 1 N–H and O–H groups in total. The van der Waals surface area contributed by atoms with E-state index in [1.165, 1.54) is 21.9 Å². The number of amides is 1. The van der Waals surface area contributed by atoms with Gasteiger partial charge in [0, 0.05) is 13.1 Å². The summed E-state index contributed by atoms with van der Waals surface area (Å²) in [6.45, 7) is 2.64. The summed E-state index contributed by atoms with van der Waals surface area (Å²) in [6.07, 6.45) is 2.56. The van der Waals surface area contributed by atoms with Crippen molar-refractivity contribution in [3.05, 3.63) is 36.0 Å². The van der Waals surface area contributed by atoms with Crippen LogP contribution in [0.2, 0.25) is 0 Å². The van der Waals surface area contributed by atoms with Crippen LogP contribution in [0.25, 0.3) is 10.4 Å². The maximum atomic E-state index is 12.5. The van der Waals surface area contributed by atoms with Crippen molar-refractivity contribution >= 4 is 32.4 Å². The van der Waals surface area contributed by atoms with Gasteiger partial charge in [0.1, 0.15) is 0 Å². The van der Waals surface area contributed by atoms with Gasteiger partial charge in [-0.1, -0.05) is 41.7 Å². The number of hydrogen-bond donors (Lipinski definition) is 1. The highest BCUT2D eigenvalue weighted by Gasteiger charge is 2.30. The highest BCUT2D eigenvalue weighted by Crippen LogP contribution is 2.33. The predicted octanol–water partition coefficient (Wildman–Crippen LogP) is 2.73. The Kier molecular flexibility index (Phi) is 5.21. The van der Waals surface area contributed by atoms with E-state index in [4.69, 9.17) is 0 Å². The lowest BCUT2D eigenvalue weighted by Crippen LogP contribution is -2.43. The average Bonchev–Trinajstić information content (AvgIpc) is 2.95. The molecule has 6 nitrogen and oxygen atoms in total. The predicted molar refractivity (Wildman–Crippen MR) is 100 cm³/mol. The maximum Gasteiger partial charge on any atom is 0.230 e. The van der Waals surface area contributed by atoms with E-state index in [2.05, 4.69) is 10.3 Å². The van der Waals surface area contributed by atoms with Crippen LogP contribution in [-0.4, -0.2) is 43.0 Å². The van der Waals surface area contributed by atoms with Gasteiger partial charge in [0.15, 0.2) is 5.13 Å². The van der Waals surface area contributed by atoms with Crippen molar-refractivity contribution in [3.63, 3.8) is 0 Å². The third kappa shape index (κ3) is 4.26. The fourth-order valence-electron chi connectivity index (χ4n) is 2.97. The van der Waals surface area contributed by atoms with Gasteiger partial charge >= 0.3 is 0 Å². The van der Waals surface area contributed by atoms with E-state index in [0.29, 0.717) is 24.5 Å². The molecule has 1 aromatic carbocycles. The topological polar surface area (TPSA) is 79.4 Å². The lowest BCUT2D eigenvalue weighted by Gasteiger charge is -2.29. The van der Waals surface area contributed by atoms with Crippen molar-refractivity contribution in [1.82, 2.24) is 9.29 Å². The van der Waals surface area contributed by atoms with Crippen molar-refractivity contribution in [3.8, 4) is 10.4 Å². The molecule has 1 atom stereocenters. The van der Waals surface area contributed by atoms with Gasteiger partial charge in [0.25, 0.3) is 0 Å². The molecule has 2 aromatic rings. The zero-order valence-corrected chi connectivity index (χ0v) is 15.9. The molecule has 1 fully saturated rings. The quantitative estimate of drug-likeness (QED) is 0.886. The van der Waals surface area contributed by atoms with E-state index in [9.17, 15) is 13.2 Å². The number of benzene rings is 1. The van der Waals surface area contributed by atoms with Crippen LogP contribution in [0.5, 0.6) is 0 Å². The first-order chi connectivity index (χ1) is 11.8. The van der Waals surface area contributed by atoms with Crippen molar-refractivity contribution in [2.24, 2.45) is 5.92 Å². The van der Waals surface area contributed by atoms with Crippen LogP contribution in [0.3, 0.4) is 0 Å². The minimum Gasteiger partial charge on any atom is -0.302 e. The highest BCUT2D eigenvalue weighted by molar-refractivity contribution is 7.88. The van der Waals surface area contributed by atoms with E-state index in [0.717, 1.165) is 16.1 Å². The molecule has 0 bridgehead atoms. The number of rotatable bonds is 4.